The van der Waals surface area contributed by atoms with Crippen molar-refractivity contribution in [3.05, 3.63) is 58.1 Å². The first-order valence-electron chi connectivity index (χ1n) is 9.68. The second kappa shape index (κ2) is 12.3. The fourth-order valence-corrected chi connectivity index (χ4v) is 3.44. The quantitative estimate of drug-likeness (QED) is 0.591. The molecule has 9 heteroatoms. The van der Waals surface area contributed by atoms with Crippen molar-refractivity contribution in [2.24, 2.45) is 0 Å². The van der Waals surface area contributed by atoms with Crippen LogP contribution in [-0.2, 0) is 22.7 Å². The second-order valence-electron chi connectivity index (χ2n) is 6.97. The number of hydrogen-bond acceptors (Lipinski definition) is 6. The first-order valence-corrected chi connectivity index (χ1v) is 10.5. The first kappa shape index (κ1) is 24.6. The number of halogens is 1. The Balaban J connectivity index is 0.000000501. The maximum Gasteiger partial charge on any atom is 0.414 e. The monoisotopic (exact) mass is 494 g/mol. The highest BCUT2D eigenvalue weighted by molar-refractivity contribution is 9.10. The number of carboxylic acid groups (broad SMARTS) is 2. The van der Waals surface area contributed by atoms with Gasteiger partial charge in [0, 0.05) is 55.4 Å². The van der Waals surface area contributed by atoms with Gasteiger partial charge in [-0.25, -0.2) is 9.59 Å². The Morgan fingerprint density at radius 2 is 1.42 bits per heavy atom. The minimum absolute atomic E-state index is 0.833. The van der Waals surface area contributed by atoms with Crippen LogP contribution in [0.25, 0.3) is 0 Å². The summed E-state index contributed by atoms with van der Waals surface area (Å²) in [6, 6.07) is 14.7. The molecular weight excluding hydrogens is 468 g/mol. The molecule has 31 heavy (non-hydrogen) atoms. The summed E-state index contributed by atoms with van der Waals surface area (Å²) in [5, 5.41) is 14.8. The standard InChI is InChI=1S/C20H25BrN2O2.C2H2O4/c1-24-19-8-5-17(20(13-19)25-2)15-23-11-9-22(10-12-23)14-16-3-6-18(21)7-4-16;3-1(4)2(5)6/h3-8,13H,9-12,14-15H2,1-2H3;(H,3,4)(H,5,6). The Morgan fingerprint density at radius 3 is 1.90 bits per heavy atom. The molecule has 1 saturated heterocycles. The summed E-state index contributed by atoms with van der Waals surface area (Å²) in [6.07, 6.45) is 0. The highest BCUT2D eigenvalue weighted by Gasteiger charge is 2.18. The van der Waals surface area contributed by atoms with E-state index in [1.54, 1.807) is 14.2 Å². The lowest BCUT2D eigenvalue weighted by Gasteiger charge is -2.35. The van der Waals surface area contributed by atoms with Gasteiger partial charge < -0.3 is 19.7 Å². The molecule has 2 aromatic carbocycles. The van der Waals surface area contributed by atoms with Gasteiger partial charge in [0.1, 0.15) is 11.5 Å². The normalized spacial score (nSPS) is 14.3. The molecule has 8 nitrogen and oxygen atoms in total. The molecule has 3 rings (SSSR count). The van der Waals surface area contributed by atoms with Crippen molar-refractivity contribution >= 4 is 27.9 Å². The van der Waals surface area contributed by atoms with E-state index in [1.165, 1.54) is 11.1 Å². The molecule has 0 unspecified atom stereocenters. The number of ether oxygens (including phenoxy) is 2. The summed E-state index contributed by atoms with van der Waals surface area (Å²) in [5.74, 6) is -1.92. The molecular formula is C22H27BrN2O6. The molecule has 0 spiro atoms. The van der Waals surface area contributed by atoms with Gasteiger partial charge in [-0.3, -0.25) is 9.80 Å². The van der Waals surface area contributed by atoms with Crippen LogP contribution in [0, 0.1) is 0 Å². The zero-order valence-corrected chi connectivity index (χ0v) is 19.2. The Kier molecular flexibility index (Phi) is 9.77. The number of carboxylic acids is 2. The van der Waals surface area contributed by atoms with Crippen LogP contribution in [0.3, 0.4) is 0 Å². The highest BCUT2D eigenvalue weighted by Crippen LogP contribution is 2.26. The lowest BCUT2D eigenvalue weighted by Crippen LogP contribution is -2.45. The van der Waals surface area contributed by atoms with E-state index < -0.39 is 11.9 Å². The summed E-state index contributed by atoms with van der Waals surface area (Å²) >= 11 is 3.49. The molecule has 0 aromatic heterocycles. The molecule has 168 valence electrons. The van der Waals surface area contributed by atoms with Crippen molar-refractivity contribution in [1.29, 1.82) is 0 Å². The summed E-state index contributed by atoms with van der Waals surface area (Å²) in [6.45, 7) is 6.27. The SMILES string of the molecule is COc1ccc(CN2CCN(Cc3ccc(Br)cc3)CC2)c(OC)c1.O=C(O)C(=O)O. The average Bonchev–Trinajstić information content (AvgIpc) is 2.77. The van der Waals surface area contributed by atoms with Crippen LogP contribution in [0.5, 0.6) is 11.5 Å². The fourth-order valence-electron chi connectivity index (χ4n) is 3.18. The summed E-state index contributed by atoms with van der Waals surface area (Å²) < 4.78 is 11.9. The number of piperazine rings is 1. The van der Waals surface area contributed by atoms with Crippen LogP contribution in [0.2, 0.25) is 0 Å². The topological polar surface area (TPSA) is 99.5 Å². The van der Waals surface area contributed by atoms with Crippen molar-refractivity contribution in [3.8, 4) is 11.5 Å². The van der Waals surface area contributed by atoms with Crippen molar-refractivity contribution in [2.75, 3.05) is 40.4 Å². The van der Waals surface area contributed by atoms with Gasteiger partial charge in [0.15, 0.2) is 0 Å². The smallest absolute Gasteiger partial charge is 0.414 e. The second-order valence-corrected chi connectivity index (χ2v) is 7.88. The number of rotatable bonds is 6. The van der Waals surface area contributed by atoms with Gasteiger partial charge in [0.05, 0.1) is 14.2 Å². The van der Waals surface area contributed by atoms with E-state index in [-0.39, 0.29) is 0 Å². The predicted octanol–water partition coefficient (Wildman–Crippen LogP) is 2.94. The van der Waals surface area contributed by atoms with Gasteiger partial charge in [-0.2, -0.15) is 0 Å². The molecule has 1 fully saturated rings. The predicted molar refractivity (Wildman–Crippen MR) is 120 cm³/mol. The van der Waals surface area contributed by atoms with Crippen LogP contribution < -0.4 is 9.47 Å². The molecule has 0 aliphatic carbocycles. The maximum atomic E-state index is 9.10. The minimum atomic E-state index is -1.82. The summed E-state index contributed by atoms with van der Waals surface area (Å²) in [7, 11) is 3.40. The molecule has 0 radical (unpaired) electrons. The third kappa shape index (κ3) is 8.20. The number of nitrogens with zero attached hydrogens (tertiary/aromatic N) is 2. The third-order valence-corrected chi connectivity index (χ3v) is 5.38. The number of aliphatic carboxylic acids is 2. The zero-order valence-electron chi connectivity index (χ0n) is 17.6. The van der Waals surface area contributed by atoms with Crippen LogP contribution in [0.15, 0.2) is 46.9 Å². The molecule has 0 atom stereocenters. The molecule has 1 aliphatic heterocycles. The van der Waals surface area contributed by atoms with E-state index in [0.29, 0.717) is 0 Å². The third-order valence-electron chi connectivity index (χ3n) is 4.86. The number of methoxy groups -OCH3 is 2. The van der Waals surface area contributed by atoms with Crippen LogP contribution in [0.1, 0.15) is 11.1 Å². The van der Waals surface area contributed by atoms with Crippen molar-refractivity contribution in [1.82, 2.24) is 9.80 Å². The van der Waals surface area contributed by atoms with Crippen molar-refractivity contribution in [2.45, 2.75) is 13.1 Å². The Bertz CT molecular complexity index is 855. The first-order chi connectivity index (χ1) is 14.8. The van der Waals surface area contributed by atoms with Gasteiger partial charge in [-0.1, -0.05) is 34.1 Å². The van der Waals surface area contributed by atoms with E-state index in [2.05, 4.69) is 56.1 Å². The minimum Gasteiger partial charge on any atom is -0.497 e. The van der Waals surface area contributed by atoms with Gasteiger partial charge in [0.25, 0.3) is 0 Å². The summed E-state index contributed by atoms with van der Waals surface area (Å²) in [4.78, 5) is 23.2. The lowest BCUT2D eigenvalue weighted by molar-refractivity contribution is -0.159. The Hall–Kier alpha value is -2.62. The van der Waals surface area contributed by atoms with E-state index in [1.807, 2.05) is 12.1 Å². The lowest BCUT2D eigenvalue weighted by atomic mass is 10.1. The molecule has 2 aromatic rings. The van der Waals surface area contributed by atoms with Gasteiger partial charge in [-0.15, -0.1) is 0 Å². The average molecular weight is 495 g/mol. The largest absolute Gasteiger partial charge is 0.497 e. The zero-order chi connectivity index (χ0) is 22.8. The highest BCUT2D eigenvalue weighted by atomic mass is 79.9. The van der Waals surface area contributed by atoms with Crippen LogP contribution in [-0.4, -0.2) is 72.4 Å². The number of hydrogen-bond donors (Lipinski definition) is 2. The van der Waals surface area contributed by atoms with Crippen molar-refractivity contribution < 1.29 is 29.3 Å². The molecule has 0 bridgehead atoms. The van der Waals surface area contributed by atoms with Crippen LogP contribution in [0.4, 0.5) is 0 Å². The molecule has 0 amide bonds. The van der Waals surface area contributed by atoms with E-state index in [4.69, 9.17) is 29.3 Å². The van der Waals surface area contributed by atoms with Crippen molar-refractivity contribution in [3.63, 3.8) is 0 Å². The van der Waals surface area contributed by atoms with Gasteiger partial charge in [-0.05, 0) is 23.8 Å². The maximum absolute atomic E-state index is 9.10. The summed E-state index contributed by atoms with van der Waals surface area (Å²) in [5.41, 5.74) is 2.58. The number of benzene rings is 2. The molecule has 1 aliphatic rings. The van der Waals surface area contributed by atoms with E-state index in [9.17, 15) is 0 Å². The van der Waals surface area contributed by atoms with Gasteiger partial charge in [0.2, 0.25) is 0 Å². The molecule has 0 saturated carbocycles. The van der Waals surface area contributed by atoms with Crippen LogP contribution >= 0.6 is 15.9 Å². The molecule has 1 heterocycles. The van der Waals surface area contributed by atoms with E-state index in [0.717, 1.165) is 55.2 Å². The molecule has 2 N–H and O–H groups in total. The fraction of sp³-hybridized carbons (Fsp3) is 0.364. The Morgan fingerprint density at radius 1 is 0.871 bits per heavy atom. The Labute approximate surface area is 190 Å². The number of carbonyl (C=O) groups is 2. The van der Waals surface area contributed by atoms with E-state index >= 15 is 0 Å². The van der Waals surface area contributed by atoms with Gasteiger partial charge >= 0.3 is 11.9 Å².